The molecule has 1 saturated carbocycles. The molecule has 0 bridgehead atoms. The average molecular weight is 260 g/mol. The van der Waals surface area contributed by atoms with Crippen molar-refractivity contribution in [2.75, 3.05) is 0 Å². The van der Waals surface area contributed by atoms with E-state index in [-0.39, 0.29) is 11.5 Å². The Morgan fingerprint density at radius 3 is 2.79 bits per heavy atom. The first kappa shape index (κ1) is 12.0. The van der Waals surface area contributed by atoms with Gasteiger partial charge in [-0.2, -0.15) is 4.98 Å². The van der Waals surface area contributed by atoms with Crippen LogP contribution in [0.1, 0.15) is 37.9 Å². The molecular weight excluding hydrogens is 244 g/mol. The summed E-state index contributed by atoms with van der Waals surface area (Å²) in [6.45, 7) is 2.23. The summed E-state index contributed by atoms with van der Waals surface area (Å²) >= 11 is 0. The lowest BCUT2D eigenvalue weighted by atomic mass is 10.1. The van der Waals surface area contributed by atoms with Gasteiger partial charge in [0.15, 0.2) is 5.82 Å². The first-order valence-corrected chi connectivity index (χ1v) is 6.49. The summed E-state index contributed by atoms with van der Waals surface area (Å²) in [4.78, 5) is 4.37. The third kappa shape index (κ3) is 2.28. The Bertz CT molecular complexity index is 594. The van der Waals surface area contributed by atoms with Gasteiger partial charge in [-0.25, -0.2) is 0 Å². The van der Waals surface area contributed by atoms with Crippen molar-refractivity contribution in [2.24, 2.45) is 5.92 Å². The molecule has 0 amide bonds. The van der Waals surface area contributed by atoms with Crippen molar-refractivity contribution in [1.82, 2.24) is 10.1 Å². The van der Waals surface area contributed by atoms with Crippen molar-refractivity contribution in [2.45, 2.75) is 32.1 Å². The fourth-order valence-corrected chi connectivity index (χ4v) is 2.65. The predicted molar refractivity (Wildman–Crippen MR) is 68.8 cm³/mol. The monoisotopic (exact) mass is 260 g/mol. The second-order valence-electron chi connectivity index (χ2n) is 5.27. The molecule has 2 aromatic rings. The van der Waals surface area contributed by atoms with Crippen molar-refractivity contribution in [3.05, 3.63) is 24.0 Å². The third-order valence-corrected chi connectivity index (χ3v) is 3.71. The molecule has 0 spiro atoms. The van der Waals surface area contributed by atoms with Gasteiger partial charge in [-0.05, 0) is 37.3 Å². The summed E-state index contributed by atoms with van der Waals surface area (Å²) < 4.78 is 5.22. The maximum Gasteiger partial charge on any atom is 0.261 e. The molecule has 3 rings (SSSR count). The summed E-state index contributed by atoms with van der Waals surface area (Å²) in [5.74, 6) is 2.01. The topological polar surface area (TPSA) is 79.4 Å². The lowest BCUT2D eigenvalue weighted by Crippen LogP contribution is -1.96. The van der Waals surface area contributed by atoms with Crippen LogP contribution >= 0.6 is 0 Å². The molecule has 1 aromatic carbocycles. The largest absolute Gasteiger partial charge is 0.508 e. The van der Waals surface area contributed by atoms with Crippen LogP contribution in [0.4, 0.5) is 0 Å². The molecule has 2 atom stereocenters. The molecule has 1 aromatic heterocycles. The van der Waals surface area contributed by atoms with E-state index in [0.717, 1.165) is 12.8 Å². The van der Waals surface area contributed by atoms with Gasteiger partial charge in [0.2, 0.25) is 0 Å². The number of nitrogens with zero attached hydrogens (tertiary/aromatic N) is 2. The summed E-state index contributed by atoms with van der Waals surface area (Å²) in [6, 6.07) is 4.31. The van der Waals surface area contributed by atoms with E-state index in [1.165, 1.54) is 18.6 Å². The van der Waals surface area contributed by atoms with Gasteiger partial charge in [-0.3, -0.25) is 0 Å². The van der Waals surface area contributed by atoms with Crippen LogP contribution in [-0.4, -0.2) is 20.4 Å². The van der Waals surface area contributed by atoms with E-state index in [1.54, 1.807) is 6.07 Å². The minimum Gasteiger partial charge on any atom is -0.508 e. The number of aromatic nitrogens is 2. The van der Waals surface area contributed by atoms with Gasteiger partial charge >= 0.3 is 0 Å². The Morgan fingerprint density at radius 2 is 2.11 bits per heavy atom. The Labute approximate surface area is 110 Å². The van der Waals surface area contributed by atoms with Crippen LogP contribution < -0.4 is 0 Å². The van der Waals surface area contributed by atoms with E-state index < -0.39 is 0 Å². The molecule has 5 nitrogen and oxygen atoms in total. The highest BCUT2D eigenvalue weighted by Crippen LogP contribution is 2.38. The van der Waals surface area contributed by atoms with Gasteiger partial charge in [0.05, 0.1) is 5.56 Å². The van der Waals surface area contributed by atoms with Crippen LogP contribution in [0.25, 0.3) is 11.5 Å². The summed E-state index contributed by atoms with van der Waals surface area (Å²) in [5.41, 5.74) is 0.447. The molecule has 19 heavy (non-hydrogen) atoms. The zero-order chi connectivity index (χ0) is 13.4. The van der Waals surface area contributed by atoms with Gasteiger partial charge < -0.3 is 14.7 Å². The standard InChI is InChI=1S/C14H16N2O3/c1-8-2-3-9(6-8)13-15-14(19-16-13)11-5-4-10(17)7-12(11)18/h4-5,7-9,17-18H,2-3,6H2,1H3. The Morgan fingerprint density at radius 1 is 1.26 bits per heavy atom. The van der Waals surface area contributed by atoms with Crippen LogP contribution in [0.15, 0.2) is 22.7 Å². The Hall–Kier alpha value is -2.04. The lowest BCUT2D eigenvalue weighted by Gasteiger charge is -2.02. The minimum absolute atomic E-state index is 0.00519. The minimum atomic E-state index is -0.0602. The summed E-state index contributed by atoms with van der Waals surface area (Å²) in [7, 11) is 0. The molecule has 1 heterocycles. The number of phenols is 2. The average Bonchev–Trinajstić information content (AvgIpc) is 2.97. The first-order valence-electron chi connectivity index (χ1n) is 6.49. The molecule has 1 fully saturated rings. The second kappa shape index (κ2) is 4.57. The molecule has 1 aliphatic rings. The number of benzene rings is 1. The number of rotatable bonds is 2. The van der Waals surface area contributed by atoms with E-state index in [2.05, 4.69) is 17.1 Å². The van der Waals surface area contributed by atoms with Crippen molar-refractivity contribution in [3.63, 3.8) is 0 Å². The van der Waals surface area contributed by atoms with E-state index in [0.29, 0.717) is 29.1 Å². The van der Waals surface area contributed by atoms with E-state index in [9.17, 15) is 10.2 Å². The van der Waals surface area contributed by atoms with E-state index >= 15 is 0 Å². The van der Waals surface area contributed by atoms with Crippen LogP contribution in [0, 0.1) is 5.92 Å². The van der Waals surface area contributed by atoms with Crippen LogP contribution in [-0.2, 0) is 0 Å². The zero-order valence-electron chi connectivity index (χ0n) is 10.7. The number of hydrogen-bond acceptors (Lipinski definition) is 5. The SMILES string of the molecule is CC1CCC(c2noc(-c3ccc(O)cc3O)n2)C1. The van der Waals surface area contributed by atoms with Crippen LogP contribution in [0.5, 0.6) is 11.5 Å². The first-order chi connectivity index (χ1) is 9.13. The van der Waals surface area contributed by atoms with Gasteiger partial charge in [0.1, 0.15) is 11.5 Å². The highest BCUT2D eigenvalue weighted by Gasteiger charge is 2.27. The highest BCUT2D eigenvalue weighted by atomic mass is 16.5. The number of aromatic hydroxyl groups is 2. The molecule has 2 N–H and O–H groups in total. The molecule has 0 radical (unpaired) electrons. The molecule has 100 valence electrons. The molecule has 0 aliphatic heterocycles. The van der Waals surface area contributed by atoms with Crippen molar-refractivity contribution in [1.29, 1.82) is 0 Å². The quantitative estimate of drug-likeness (QED) is 0.867. The van der Waals surface area contributed by atoms with Crippen molar-refractivity contribution in [3.8, 4) is 23.0 Å². The van der Waals surface area contributed by atoms with Crippen LogP contribution in [0.2, 0.25) is 0 Å². The third-order valence-electron chi connectivity index (χ3n) is 3.71. The number of phenolic OH excluding ortho intramolecular Hbond substituents is 2. The van der Waals surface area contributed by atoms with Crippen LogP contribution in [0.3, 0.4) is 0 Å². The van der Waals surface area contributed by atoms with Gasteiger partial charge in [-0.15, -0.1) is 0 Å². The normalized spacial score (nSPS) is 22.8. The Balaban J connectivity index is 1.88. The zero-order valence-corrected chi connectivity index (χ0v) is 10.7. The molecular formula is C14H16N2O3. The molecule has 5 heteroatoms. The van der Waals surface area contributed by atoms with Gasteiger partial charge in [0.25, 0.3) is 5.89 Å². The Kier molecular flexibility index (Phi) is 2.89. The highest BCUT2D eigenvalue weighted by molar-refractivity contribution is 5.63. The molecule has 1 aliphatic carbocycles. The smallest absolute Gasteiger partial charge is 0.261 e. The summed E-state index contributed by atoms with van der Waals surface area (Å²) in [6.07, 6.45) is 3.36. The lowest BCUT2D eigenvalue weighted by molar-refractivity contribution is 0.409. The predicted octanol–water partition coefficient (Wildman–Crippen LogP) is 3.05. The summed E-state index contributed by atoms with van der Waals surface area (Å²) in [5, 5.41) is 23.1. The van der Waals surface area contributed by atoms with Crippen molar-refractivity contribution >= 4 is 0 Å². The van der Waals surface area contributed by atoms with E-state index in [1.807, 2.05) is 0 Å². The maximum absolute atomic E-state index is 9.77. The second-order valence-corrected chi connectivity index (χ2v) is 5.27. The molecule has 2 unspecified atom stereocenters. The van der Waals surface area contributed by atoms with Crippen molar-refractivity contribution < 1.29 is 14.7 Å². The maximum atomic E-state index is 9.77. The van der Waals surface area contributed by atoms with E-state index in [4.69, 9.17) is 4.52 Å². The fourth-order valence-electron chi connectivity index (χ4n) is 2.65. The van der Waals surface area contributed by atoms with Gasteiger partial charge in [-0.1, -0.05) is 12.1 Å². The van der Waals surface area contributed by atoms with Gasteiger partial charge in [0, 0.05) is 12.0 Å². The number of hydrogen-bond donors (Lipinski definition) is 2. The fraction of sp³-hybridized carbons (Fsp3) is 0.429. The molecule has 0 saturated heterocycles.